The van der Waals surface area contributed by atoms with E-state index in [-0.39, 0.29) is 0 Å². The van der Waals surface area contributed by atoms with Crippen LogP contribution in [0.4, 0.5) is 0 Å². The summed E-state index contributed by atoms with van der Waals surface area (Å²) in [5, 5.41) is 8.81. The Bertz CT molecular complexity index is 598. The molecule has 0 spiro atoms. The third kappa shape index (κ3) is 1.85. The standard InChI is InChI=1S/C13H9NO2S/c14-8-10-2-4-13(17-10)9-1-3-11-12(7-9)16-6-5-15-11/h1-4,7H,5-6H2. The molecule has 1 aromatic heterocycles. The highest BCUT2D eigenvalue weighted by Gasteiger charge is 2.13. The van der Waals surface area contributed by atoms with Gasteiger partial charge in [-0.15, -0.1) is 11.3 Å². The van der Waals surface area contributed by atoms with Gasteiger partial charge in [-0.05, 0) is 35.9 Å². The van der Waals surface area contributed by atoms with Gasteiger partial charge in [0, 0.05) is 4.88 Å². The van der Waals surface area contributed by atoms with E-state index in [0.29, 0.717) is 13.2 Å². The average Bonchev–Trinajstić information content (AvgIpc) is 2.87. The number of fused-ring (bicyclic) bond motifs is 1. The first kappa shape index (κ1) is 10.2. The third-order valence-electron chi connectivity index (χ3n) is 2.54. The quantitative estimate of drug-likeness (QED) is 0.773. The number of ether oxygens (including phenoxy) is 2. The minimum absolute atomic E-state index is 0.588. The first-order valence-corrected chi connectivity index (χ1v) is 6.08. The van der Waals surface area contributed by atoms with Crippen molar-refractivity contribution < 1.29 is 9.47 Å². The monoisotopic (exact) mass is 243 g/mol. The lowest BCUT2D eigenvalue weighted by atomic mass is 10.1. The fourth-order valence-corrected chi connectivity index (χ4v) is 2.55. The van der Waals surface area contributed by atoms with Gasteiger partial charge in [-0.2, -0.15) is 5.26 Å². The predicted octanol–water partition coefficient (Wildman–Crippen LogP) is 3.06. The molecule has 0 bridgehead atoms. The van der Waals surface area contributed by atoms with E-state index < -0.39 is 0 Å². The third-order valence-corrected chi connectivity index (χ3v) is 3.58. The van der Waals surface area contributed by atoms with Crippen LogP contribution in [-0.4, -0.2) is 13.2 Å². The molecule has 3 rings (SSSR count). The van der Waals surface area contributed by atoms with E-state index in [9.17, 15) is 0 Å². The van der Waals surface area contributed by atoms with E-state index in [4.69, 9.17) is 14.7 Å². The highest BCUT2D eigenvalue weighted by molar-refractivity contribution is 7.16. The van der Waals surface area contributed by atoms with Gasteiger partial charge in [0.15, 0.2) is 11.5 Å². The zero-order valence-corrected chi connectivity index (χ0v) is 9.79. The summed E-state index contributed by atoms with van der Waals surface area (Å²) in [4.78, 5) is 1.79. The highest BCUT2D eigenvalue weighted by Crippen LogP contribution is 2.36. The second-order valence-electron chi connectivity index (χ2n) is 3.63. The first-order chi connectivity index (χ1) is 8.36. The van der Waals surface area contributed by atoms with Crippen LogP contribution in [0.25, 0.3) is 10.4 Å². The Morgan fingerprint density at radius 3 is 2.65 bits per heavy atom. The van der Waals surface area contributed by atoms with Crippen LogP contribution in [-0.2, 0) is 0 Å². The Hall–Kier alpha value is -1.99. The molecule has 0 atom stereocenters. The molecular weight excluding hydrogens is 234 g/mol. The zero-order valence-electron chi connectivity index (χ0n) is 8.97. The van der Waals surface area contributed by atoms with Crippen molar-refractivity contribution in [2.24, 2.45) is 0 Å². The van der Waals surface area contributed by atoms with E-state index in [1.54, 1.807) is 0 Å². The van der Waals surface area contributed by atoms with Crippen molar-refractivity contribution in [2.45, 2.75) is 0 Å². The van der Waals surface area contributed by atoms with E-state index >= 15 is 0 Å². The Morgan fingerprint density at radius 2 is 1.88 bits per heavy atom. The van der Waals surface area contributed by atoms with Crippen LogP contribution in [0, 0.1) is 11.3 Å². The van der Waals surface area contributed by atoms with Crippen LogP contribution in [0.2, 0.25) is 0 Å². The van der Waals surface area contributed by atoms with Crippen molar-refractivity contribution in [1.29, 1.82) is 5.26 Å². The van der Waals surface area contributed by atoms with Crippen LogP contribution in [0.5, 0.6) is 11.5 Å². The molecule has 0 unspecified atom stereocenters. The summed E-state index contributed by atoms with van der Waals surface area (Å²) in [6.45, 7) is 1.19. The van der Waals surface area contributed by atoms with E-state index in [1.165, 1.54) is 11.3 Å². The SMILES string of the molecule is N#Cc1ccc(-c2ccc3c(c2)OCCO3)s1. The summed E-state index contributed by atoms with van der Waals surface area (Å²) in [6, 6.07) is 11.8. The maximum absolute atomic E-state index is 8.81. The van der Waals surface area contributed by atoms with Gasteiger partial charge in [0.1, 0.15) is 24.2 Å². The molecule has 17 heavy (non-hydrogen) atoms. The molecule has 0 N–H and O–H groups in total. The molecule has 1 aliphatic heterocycles. The van der Waals surface area contributed by atoms with Gasteiger partial charge >= 0.3 is 0 Å². The molecule has 1 aliphatic rings. The van der Waals surface area contributed by atoms with Crippen molar-refractivity contribution in [2.75, 3.05) is 13.2 Å². The molecule has 3 nitrogen and oxygen atoms in total. The van der Waals surface area contributed by atoms with Crippen LogP contribution in [0.3, 0.4) is 0 Å². The molecule has 1 aromatic carbocycles. The molecule has 0 amide bonds. The lowest BCUT2D eigenvalue weighted by molar-refractivity contribution is 0.171. The van der Waals surface area contributed by atoms with E-state index in [2.05, 4.69) is 6.07 Å². The molecule has 84 valence electrons. The molecule has 4 heteroatoms. The van der Waals surface area contributed by atoms with Gasteiger partial charge in [-0.3, -0.25) is 0 Å². The van der Waals surface area contributed by atoms with Gasteiger partial charge < -0.3 is 9.47 Å². The number of benzene rings is 1. The summed E-state index contributed by atoms with van der Waals surface area (Å²) in [6.07, 6.45) is 0. The van der Waals surface area contributed by atoms with E-state index in [1.807, 2.05) is 30.3 Å². The maximum atomic E-state index is 8.81. The van der Waals surface area contributed by atoms with Crippen molar-refractivity contribution in [3.8, 4) is 28.0 Å². The number of thiophene rings is 1. The number of hydrogen-bond acceptors (Lipinski definition) is 4. The molecule has 2 heterocycles. The number of nitrogens with zero attached hydrogens (tertiary/aromatic N) is 1. The number of nitriles is 1. The maximum Gasteiger partial charge on any atom is 0.162 e. The fraction of sp³-hybridized carbons (Fsp3) is 0.154. The lowest BCUT2D eigenvalue weighted by Gasteiger charge is -2.18. The van der Waals surface area contributed by atoms with Crippen LogP contribution in [0.1, 0.15) is 4.88 Å². The zero-order chi connectivity index (χ0) is 11.7. The Balaban J connectivity index is 2.01. The number of hydrogen-bond donors (Lipinski definition) is 0. The molecule has 0 radical (unpaired) electrons. The summed E-state index contributed by atoms with van der Waals surface area (Å²) >= 11 is 1.48. The summed E-state index contributed by atoms with van der Waals surface area (Å²) in [5.41, 5.74) is 1.06. The van der Waals surface area contributed by atoms with Crippen LogP contribution in [0.15, 0.2) is 30.3 Å². The topological polar surface area (TPSA) is 42.2 Å². The summed E-state index contributed by atoms with van der Waals surface area (Å²) in [5.74, 6) is 1.57. The second-order valence-corrected chi connectivity index (χ2v) is 4.72. The lowest BCUT2D eigenvalue weighted by Crippen LogP contribution is -2.15. The second kappa shape index (κ2) is 4.11. The number of rotatable bonds is 1. The van der Waals surface area contributed by atoms with Gasteiger partial charge in [-0.1, -0.05) is 0 Å². The van der Waals surface area contributed by atoms with Gasteiger partial charge in [0.05, 0.1) is 0 Å². The fourth-order valence-electron chi connectivity index (χ4n) is 1.75. The average molecular weight is 243 g/mol. The summed E-state index contributed by atoms with van der Waals surface area (Å²) in [7, 11) is 0. The molecular formula is C13H9NO2S. The molecule has 0 saturated carbocycles. The smallest absolute Gasteiger partial charge is 0.162 e. The summed E-state index contributed by atoms with van der Waals surface area (Å²) < 4.78 is 11.0. The van der Waals surface area contributed by atoms with E-state index in [0.717, 1.165) is 26.8 Å². The van der Waals surface area contributed by atoms with Crippen LogP contribution < -0.4 is 9.47 Å². The molecule has 0 fully saturated rings. The Kier molecular flexibility index (Phi) is 2.46. The largest absolute Gasteiger partial charge is 0.486 e. The Labute approximate surface area is 103 Å². The molecule has 2 aromatic rings. The minimum atomic E-state index is 0.588. The molecule has 0 saturated heterocycles. The highest BCUT2D eigenvalue weighted by atomic mass is 32.1. The van der Waals surface area contributed by atoms with Gasteiger partial charge in [0.2, 0.25) is 0 Å². The van der Waals surface area contributed by atoms with Crippen molar-refractivity contribution >= 4 is 11.3 Å². The van der Waals surface area contributed by atoms with Crippen molar-refractivity contribution in [3.05, 3.63) is 35.2 Å². The van der Waals surface area contributed by atoms with Crippen molar-refractivity contribution in [1.82, 2.24) is 0 Å². The van der Waals surface area contributed by atoms with Gasteiger partial charge in [-0.25, -0.2) is 0 Å². The first-order valence-electron chi connectivity index (χ1n) is 5.27. The normalized spacial score (nSPS) is 13.1. The predicted molar refractivity (Wildman–Crippen MR) is 65.5 cm³/mol. The molecule has 0 aliphatic carbocycles. The van der Waals surface area contributed by atoms with Gasteiger partial charge in [0.25, 0.3) is 0 Å². The minimum Gasteiger partial charge on any atom is -0.486 e. The van der Waals surface area contributed by atoms with Crippen LogP contribution >= 0.6 is 11.3 Å². The Morgan fingerprint density at radius 1 is 1.06 bits per heavy atom. The van der Waals surface area contributed by atoms with Crippen molar-refractivity contribution in [3.63, 3.8) is 0 Å².